The second kappa shape index (κ2) is 6.56. The molecule has 3 rings (SSSR count). The minimum absolute atomic E-state index is 0.0700. The normalized spacial score (nSPS) is 15.8. The zero-order valence-corrected chi connectivity index (χ0v) is 12.9. The van der Waals surface area contributed by atoms with Crippen molar-refractivity contribution in [3.05, 3.63) is 34.8 Å². The summed E-state index contributed by atoms with van der Waals surface area (Å²) in [6.45, 7) is -0.738. The Balaban J connectivity index is 1.66. The van der Waals surface area contributed by atoms with Gasteiger partial charge in [-0.2, -0.15) is 8.78 Å². The first-order valence-corrected chi connectivity index (χ1v) is 8.12. The van der Waals surface area contributed by atoms with Crippen LogP contribution in [0.3, 0.4) is 0 Å². The van der Waals surface area contributed by atoms with Crippen LogP contribution >= 0.6 is 11.3 Å². The van der Waals surface area contributed by atoms with Crippen LogP contribution in [-0.2, 0) is 0 Å². The number of nitrogens with zero attached hydrogens (tertiary/aromatic N) is 2. The van der Waals surface area contributed by atoms with Crippen molar-refractivity contribution in [3.8, 4) is 5.75 Å². The summed E-state index contributed by atoms with van der Waals surface area (Å²) in [6, 6.07) is 6.77. The lowest BCUT2D eigenvalue weighted by atomic mass is 10.0. The van der Waals surface area contributed by atoms with Gasteiger partial charge in [0.15, 0.2) is 0 Å². The molecule has 0 aliphatic heterocycles. The van der Waals surface area contributed by atoms with Crippen LogP contribution in [0.1, 0.15) is 48.7 Å². The maximum absolute atomic E-state index is 12.2. The largest absolute Gasteiger partial charge is 0.435 e. The van der Waals surface area contributed by atoms with Crippen molar-refractivity contribution in [1.29, 1.82) is 0 Å². The van der Waals surface area contributed by atoms with Crippen LogP contribution in [0.15, 0.2) is 24.3 Å². The van der Waals surface area contributed by atoms with Crippen molar-refractivity contribution in [3.63, 3.8) is 0 Å². The molecule has 7 heteroatoms. The second-order valence-corrected chi connectivity index (χ2v) is 6.28. The maximum Gasteiger partial charge on any atom is 0.387 e. The molecule has 1 aromatic heterocycles. The number of ether oxygens (including phenoxy) is 1. The molecule has 1 aliphatic carbocycles. The number of halogens is 2. The molecule has 1 aromatic carbocycles. The third-order valence-electron chi connectivity index (χ3n) is 3.58. The van der Waals surface area contributed by atoms with E-state index in [0.29, 0.717) is 5.92 Å². The first kappa shape index (κ1) is 15.1. The molecule has 1 aliphatic rings. The molecule has 1 saturated carbocycles. The lowest BCUT2D eigenvalue weighted by Crippen LogP contribution is -2.09. The zero-order chi connectivity index (χ0) is 15.5. The minimum Gasteiger partial charge on any atom is -0.435 e. The van der Waals surface area contributed by atoms with Gasteiger partial charge in [0.2, 0.25) is 5.13 Å². The fourth-order valence-electron chi connectivity index (χ4n) is 2.24. The van der Waals surface area contributed by atoms with Crippen LogP contribution in [0.2, 0.25) is 0 Å². The number of nitrogens with one attached hydrogen (secondary N) is 1. The molecule has 0 saturated heterocycles. The highest BCUT2D eigenvalue weighted by molar-refractivity contribution is 7.15. The minimum atomic E-state index is -2.80. The van der Waals surface area contributed by atoms with E-state index in [9.17, 15) is 8.78 Å². The van der Waals surface area contributed by atoms with Crippen LogP contribution < -0.4 is 10.1 Å². The van der Waals surface area contributed by atoms with Gasteiger partial charge in [-0.1, -0.05) is 30.4 Å². The number of alkyl halides is 2. The van der Waals surface area contributed by atoms with E-state index < -0.39 is 6.61 Å². The summed E-state index contributed by atoms with van der Waals surface area (Å²) in [6.07, 6.45) is 3.27. The molecule has 2 aromatic rings. The van der Waals surface area contributed by atoms with Gasteiger partial charge in [0.1, 0.15) is 10.8 Å². The maximum atomic E-state index is 12.2. The molecular weight excluding hydrogens is 308 g/mol. The summed E-state index contributed by atoms with van der Waals surface area (Å²) in [5.41, 5.74) is 1.01. The van der Waals surface area contributed by atoms with Gasteiger partial charge in [0, 0.05) is 5.92 Å². The smallest absolute Gasteiger partial charge is 0.387 e. The average molecular weight is 325 g/mol. The van der Waals surface area contributed by atoms with Gasteiger partial charge in [-0.25, -0.2) is 0 Å². The van der Waals surface area contributed by atoms with Crippen LogP contribution in [0.4, 0.5) is 13.9 Å². The molecule has 0 bridgehead atoms. The van der Waals surface area contributed by atoms with E-state index in [1.807, 2.05) is 0 Å². The first-order chi connectivity index (χ1) is 10.7. The molecule has 1 N–H and O–H groups in total. The average Bonchev–Trinajstić information content (AvgIpc) is 3.25. The highest BCUT2D eigenvalue weighted by Crippen LogP contribution is 2.42. The third-order valence-corrected chi connectivity index (χ3v) is 4.60. The Morgan fingerprint density at radius 2 is 2.00 bits per heavy atom. The van der Waals surface area contributed by atoms with Gasteiger partial charge in [-0.05, 0) is 37.0 Å². The third kappa shape index (κ3) is 3.71. The van der Waals surface area contributed by atoms with Crippen LogP contribution in [0, 0.1) is 0 Å². The summed E-state index contributed by atoms with van der Waals surface area (Å²) in [4.78, 5) is 0. The molecule has 118 valence electrons. The quantitative estimate of drug-likeness (QED) is 0.809. The Labute approximate surface area is 131 Å². The summed E-state index contributed by atoms with van der Waals surface area (Å²) in [5, 5.41) is 13.7. The van der Waals surface area contributed by atoms with Crippen molar-refractivity contribution in [2.75, 3.05) is 5.32 Å². The van der Waals surface area contributed by atoms with E-state index in [1.54, 1.807) is 35.6 Å². The fourth-order valence-corrected chi connectivity index (χ4v) is 3.20. The van der Waals surface area contributed by atoms with Crippen LogP contribution in [0.5, 0.6) is 5.75 Å². The van der Waals surface area contributed by atoms with E-state index in [-0.39, 0.29) is 11.8 Å². The van der Waals surface area contributed by atoms with Crippen molar-refractivity contribution in [2.24, 2.45) is 0 Å². The van der Waals surface area contributed by atoms with Gasteiger partial charge >= 0.3 is 6.61 Å². The standard InChI is InChI=1S/C15H17F2N3OS/c1-2-12(9-5-7-11(8-6-9)21-14(16)17)18-15-20-19-13(22-15)10-3-4-10/h5-8,10,12,14H,2-4H2,1H3,(H,18,20). The van der Waals surface area contributed by atoms with Gasteiger partial charge < -0.3 is 10.1 Å². The van der Waals surface area contributed by atoms with Crippen molar-refractivity contribution in [2.45, 2.75) is 44.8 Å². The van der Waals surface area contributed by atoms with Gasteiger partial charge in [-0.15, -0.1) is 10.2 Å². The highest BCUT2D eigenvalue weighted by atomic mass is 32.1. The number of hydrogen-bond acceptors (Lipinski definition) is 5. The van der Waals surface area contributed by atoms with E-state index in [2.05, 4.69) is 27.2 Å². The first-order valence-electron chi connectivity index (χ1n) is 7.30. The van der Waals surface area contributed by atoms with E-state index in [0.717, 1.165) is 22.1 Å². The molecule has 1 heterocycles. The summed E-state index contributed by atoms with van der Waals surface area (Å²) in [7, 11) is 0. The molecular formula is C15H17F2N3OS. The Morgan fingerprint density at radius 3 is 2.59 bits per heavy atom. The Kier molecular flexibility index (Phi) is 4.52. The van der Waals surface area contributed by atoms with Crippen molar-refractivity contribution in [1.82, 2.24) is 10.2 Å². The van der Waals surface area contributed by atoms with Gasteiger partial charge in [0.25, 0.3) is 0 Å². The lowest BCUT2D eigenvalue weighted by Gasteiger charge is -2.16. The lowest BCUT2D eigenvalue weighted by molar-refractivity contribution is -0.0498. The monoisotopic (exact) mass is 325 g/mol. The topological polar surface area (TPSA) is 47.0 Å². The van der Waals surface area contributed by atoms with Gasteiger partial charge in [-0.3, -0.25) is 0 Å². The van der Waals surface area contributed by atoms with Crippen molar-refractivity contribution < 1.29 is 13.5 Å². The number of benzene rings is 1. The fraction of sp³-hybridized carbons (Fsp3) is 0.467. The summed E-state index contributed by atoms with van der Waals surface area (Å²) in [5.74, 6) is 0.763. The predicted molar refractivity (Wildman–Crippen MR) is 81.6 cm³/mol. The SMILES string of the molecule is CCC(Nc1nnc(C2CC2)s1)c1ccc(OC(F)F)cc1. The Bertz CT molecular complexity index is 614. The second-order valence-electron chi connectivity index (χ2n) is 5.27. The Hall–Kier alpha value is -1.76. The predicted octanol–water partition coefficient (Wildman–Crippen LogP) is 4.58. The molecule has 0 amide bonds. The molecule has 4 nitrogen and oxygen atoms in total. The summed E-state index contributed by atoms with van der Waals surface area (Å²) < 4.78 is 28.7. The van der Waals surface area contributed by atoms with E-state index in [4.69, 9.17) is 0 Å². The molecule has 22 heavy (non-hydrogen) atoms. The van der Waals surface area contributed by atoms with Crippen LogP contribution in [-0.4, -0.2) is 16.8 Å². The van der Waals surface area contributed by atoms with Gasteiger partial charge in [0.05, 0.1) is 6.04 Å². The summed E-state index contributed by atoms with van der Waals surface area (Å²) >= 11 is 1.60. The van der Waals surface area contributed by atoms with E-state index >= 15 is 0 Å². The molecule has 1 unspecified atom stereocenters. The van der Waals surface area contributed by atoms with Crippen molar-refractivity contribution >= 4 is 16.5 Å². The molecule has 0 spiro atoms. The number of anilines is 1. The number of aromatic nitrogens is 2. The number of rotatable bonds is 7. The molecule has 1 atom stereocenters. The zero-order valence-electron chi connectivity index (χ0n) is 12.1. The highest BCUT2D eigenvalue weighted by Gasteiger charge is 2.27. The molecule has 0 radical (unpaired) electrons. The van der Waals surface area contributed by atoms with E-state index in [1.165, 1.54) is 12.8 Å². The molecule has 1 fully saturated rings. The number of hydrogen-bond donors (Lipinski definition) is 1. The Morgan fingerprint density at radius 1 is 1.27 bits per heavy atom. The van der Waals surface area contributed by atoms with Crippen LogP contribution in [0.25, 0.3) is 0 Å².